The molecule has 0 unspecified atom stereocenters. The van der Waals surface area contributed by atoms with Crippen molar-refractivity contribution in [2.24, 2.45) is 4.99 Å². The maximum Gasteiger partial charge on any atom is 0.433 e. The molecule has 0 aromatic carbocycles. The molecule has 3 aromatic rings. The van der Waals surface area contributed by atoms with Crippen molar-refractivity contribution in [3.05, 3.63) is 33.6 Å². The minimum Gasteiger partial charge on any atom is -0.399 e. The van der Waals surface area contributed by atoms with Crippen molar-refractivity contribution in [1.29, 1.82) is 0 Å². The molecular weight excluding hydrogens is 338 g/mol. The van der Waals surface area contributed by atoms with Gasteiger partial charge >= 0.3 is 5.88 Å². The fourth-order valence-corrected chi connectivity index (χ4v) is 3.05. The first-order valence-electron chi connectivity index (χ1n) is 8.21. The Balaban J connectivity index is 1.93. The van der Waals surface area contributed by atoms with E-state index in [-0.39, 0.29) is 5.88 Å². The van der Waals surface area contributed by atoms with Crippen LogP contribution < -0.4 is 0 Å². The molecule has 4 rings (SSSR count). The zero-order valence-corrected chi connectivity index (χ0v) is 14.6. The van der Waals surface area contributed by atoms with Crippen LogP contribution in [0.5, 0.6) is 0 Å². The third-order valence-corrected chi connectivity index (χ3v) is 4.37. The summed E-state index contributed by atoms with van der Waals surface area (Å²) in [6.07, 6.45) is 1.90. The maximum atomic E-state index is 10.9. The molecule has 0 bridgehead atoms. The van der Waals surface area contributed by atoms with Crippen molar-refractivity contribution in [3.63, 3.8) is 0 Å². The van der Waals surface area contributed by atoms with Gasteiger partial charge in [0.25, 0.3) is 5.95 Å². The predicted octanol–water partition coefficient (Wildman–Crippen LogP) is 2.66. The van der Waals surface area contributed by atoms with E-state index < -0.39 is 4.92 Å². The second kappa shape index (κ2) is 5.90. The molecule has 1 aliphatic heterocycles. The van der Waals surface area contributed by atoms with Gasteiger partial charge in [-0.1, -0.05) is 0 Å². The van der Waals surface area contributed by atoms with Crippen molar-refractivity contribution in [2.45, 2.75) is 26.7 Å². The predicted molar refractivity (Wildman–Crippen MR) is 93.6 cm³/mol. The van der Waals surface area contributed by atoms with E-state index in [4.69, 9.17) is 4.42 Å². The molecule has 0 aliphatic carbocycles. The summed E-state index contributed by atoms with van der Waals surface area (Å²) in [7, 11) is 1.99. The van der Waals surface area contributed by atoms with E-state index in [1.165, 1.54) is 12.1 Å². The number of furan rings is 1. The number of amidine groups is 1. The monoisotopic (exact) mass is 355 g/mol. The van der Waals surface area contributed by atoms with Crippen LogP contribution in [0, 0.1) is 24.0 Å². The molecule has 3 aromatic heterocycles. The Kier molecular flexibility index (Phi) is 3.67. The molecule has 4 heterocycles. The lowest BCUT2D eigenvalue weighted by atomic mass is 10.2. The van der Waals surface area contributed by atoms with E-state index >= 15 is 0 Å². The highest BCUT2D eigenvalue weighted by atomic mass is 16.6. The van der Waals surface area contributed by atoms with Crippen molar-refractivity contribution < 1.29 is 9.34 Å². The first-order chi connectivity index (χ1) is 12.4. The second-order valence-electron chi connectivity index (χ2n) is 6.23. The van der Waals surface area contributed by atoms with Gasteiger partial charge in [0.05, 0.1) is 6.07 Å². The Bertz CT molecular complexity index is 1050. The SMILES string of the molecule is Cc1nc2c(C)c(-c3ccc([N+](=O)[O-])o3)nc(N=C3CCCN3C)n2n1. The van der Waals surface area contributed by atoms with Crippen molar-refractivity contribution in [2.75, 3.05) is 13.6 Å². The van der Waals surface area contributed by atoms with Gasteiger partial charge in [-0.15, -0.1) is 5.10 Å². The molecule has 26 heavy (non-hydrogen) atoms. The van der Waals surface area contributed by atoms with Crippen LogP contribution in [-0.2, 0) is 0 Å². The zero-order chi connectivity index (χ0) is 18.4. The third-order valence-electron chi connectivity index (χ3n) is 4.37. The van der Waals surface area contributed by atoms with Gasteiger partial charge in [0.15, 0.2) is 11.4 Å². The largest absolute Gasteiger partial charge is 0.433 e. The van der Waals surface area contributed by atoms with E-state index in [0.717, 1.165) is 30.8 Å². The van der Waals surface area contributed by atoms with Gasteiger partial charge in [-0.25, -0.2) is 9.97 Å². The fraction of sp³-hybridized carbons (Fsp3) is 0.375. The minimum atomic E-state index is -0.576. The number of nitrogens with zero attached hydrogens (tertiary/aromatic N) is 7. The number of rotatable bonds is 3. The van der Waals surface area contributed by atoms with E-state index in [2.05, 4.69) is 25.0 Å². The molecular formula is C16H17N7O3. The molecule has 0 radical (unpaired) electrons. The Morgan fingerprint density at radius 1 is 1.31 bits per heavy atom. The Morgan fingerprint density at radius 2 is 2.12 bits per heavy atom. The highest BCUT2D eigenvalue weighted by molar-refractivity contribution is 5.86. The molecule has 0 atom stereocenters. The third kappa shape index (κ3) is 2.59. The average Bonchev–Trinajstić information content (AvgIpc) is 3.30. The van der Waals surface area contributed by atoms with Gasteiger partial charge in [0.1, 0.15) is 22.3 Å². The topological polar surface area (TPSA) is 115 Å². The summed E-state index contributed by atoms with van der Waals surface area (Å²) in [4.78, 5) is 26.1. The molecule has 1 aliphatic rings. The van der Waals surface area contributed by atoms with Crippen LogP contribution in [0.2, 0.25) is 0 Å². The molecule has 1 fully saturated rings. The number of aryl methyl sites for hydroxylation is 2. The number of nitro groups is 1. The van der Waals surface area contributed by atoms with Crippen molar-refractivity contribution >= 4 is 23.3 Å². The van der Waals surface area contributed by atoms with E-state index in [1.54, 1.807) is 11.4 Å². The van der Waals surface area contributed by atoms with E-state index in [9.17, 15) is 10.1 Å². The number of aliphatic imine (C=N–C) groups is 1. The van der Waals surface area contributed by atoms with Crippen molar-refractivity contribution in [1.82, 2.24) is 24.5 Å². The summed E-state index contributed by atoms with van der Waals surface area (Å²) in [6, 6.07) is 2.85. The van der Waals surface area contributed by atoms with Gasteiger partial charge in [-0.2, -0.15) is 9.51 Å². The lowest BCUT2D eigenvalue weighted by Crippen LogP contribution is -2.19. The van der Waals surface area contributed by atoms with Crippen molar-refractivity contribution in [3.8, 4) is 11.5 Å². The highest BCUT2D eigenvalue weighted by Crippen LogP contribution is 2.31. The van der Waals surface area contributed by atoms with Gasteiger partial charge in [0.2, 0.25) is 0 Å². The minimum absolute atomic E-state index is 0.304. The Labute approximate surface area is 148 Å². The normalized spacial score (nSPS) is 16.1. The maximum absolute atomic E-state index is 10.9. The summed E-state index contributed by atoms with van der Waals surface area (Å²) < 4.78 is 6.94. The highest BCUT2D eigenvalue weighted by Gasteiger charge is 2.22. The van der Waals surface area contributed by atoms with Gasteiger partial charge in [-0.3, -0.25) is 10.1 Å². The molecule has 0 spiro atoms. The molecule has 0 amide bonds. The number of hydrogen-bond donors (Lipinski definition) is 0. The zero-order valence-electron chi connectivity index (χ0n) is 14.6. The van der Waals surface area contributed by atoms with E-state index in [1.807, 2.05) is 14.0 Å². The molecule has 10 nitrogen and oxygen atoms in total. The number of likely N-dealkylation sites (tertiary alicyclic amines) is 1. The molecule has 134 valence electrons. The summed E-state index contributed by atoms with van der Waals surface area (Å²) in [6.45, 7) is 4.57. The van der Waals surface area contributed by atoms with E-state index in [0.29, 0.717) is 28.9 Å². The molecule has 1 saturated heterocycles. The molecule has 0 N–H and O–H groups in total. The van der Waals surface area contributed by atoms with Gasteiger partial charge < -0.3 is 9.32 Å². The second-order valence-corrected chi connectivity index (χ2v) is 6.23. The number of fused-ring (bicyclic) bond motifs is 1. The summed E-state index contributed by atoms with van der Waals surface area (Å²) in [5.41, 5.74) is 1.79. The number of aromatic nitrogens is 4. The first kappa shape index (κ1) is 16.2. The van der Waals surface area contributed by atoms with Crippen LogP contribution in [0.25, 0.3) is 17.1 Å². The van der Waals surface area contributed by atoms with Gasteiger partial charge in [0, 0.05) is 25.6 Å². The molecule has 0 saturated carbocycles. The first-order valence-corrected chi connectivity index (χ1v) is 8.21. The fourth-order valence-electron chi connectivity index (χ4n) is 3.05. The standard InChI is InChI=1S/C16H17N7O3/c1-9-14(11-6-7-13(26-11)23(24)25)19-16(18-12-5-4-8-21(12)3)22-15(9)17-10(2)20-22/h6-7H,4-5,8H2,1-3H3. The van der Waals surface area contributed by atoms with Crippen LogP contribution in [0.4, 0.5) is 11.8 Å². The van der Waals surface area contributed by atoms with Crippen LogP contribution in [-0.4, -0.2) is 48.8 Å². The lowest BCUT2D eigenvalue weighted by Gasteiger charge is -2.11. The summed E-state index contributed by atoms with van der Waals surface area (Å²) >= 11 is 0. The number of hydrogen-bond acceptors (Lipinski definition) is 7. The van der Waals surface area contributed by atoms with Crippen LogP contribution >= 0.6 is 0 Å². The smallest absolute Gasteiger partial charge is 0.399 e. The quantitative estimate of drug-likeness (QED) is 0.524. The van der Waals surface area contributed by atoms with Gasteiger partial charge in [-0.05, 0) is 26.3 Å². The molecule has 10 heteroatoms. The summed E-state index contributed by atoms with van der Waals surface area (Å²) in [5, 5.41) is 15.3. The Morgan fingerprint density at radius 3 is 2.77 bits per heavy atom. The van der Waals surface area contributed by atoms with Crippen LogP contribution in [0.1, 0.15) is 24.2 Å². The Hall–Kier alpha value is -3.30. The average molecular weight is 355 g/mol. The van der Waals surface area contributed by atoms with Crippen LogP contribution in [0.3, 0.4) is 0 Å². The summed E-state index contributed by atoms with van der Waals surface area (Å²) in [5.74, 6) is 1.87. The van der Waals surface area contributed by atoms with Crippen LogP contribution in [0.15, 0.2) is 21.5 Å². The lowest BCUT2D eigenvalue weighted by molar-refractivity contribution is -0.401.